The molecule has 1 aliphatic heterocycles. The van der Waals surface area contributed by atoms with Crippen molar-refractivity contribution in [3.05, 3.63) is 17.5 Å². The lowest BCUT2D eigenvalue weighted by Crippen LogP contribution is -2.37. The van der Waals surface area contributed by atoms with Crippen LogP contribution in [0.25, 0.3) is 0 Å². The first-order valence-corrected chi connectivity index (χ1v) is 7.25. The number of aromatic nitrogens is 1. The Labute approximate surface area is 122 Å². The van der Waals surface area contributed by atoms with Crippen LogP contribution in [-0.4, -0.2) is 27.9 Å². The van der Waals surface area contributed by atoms with Gasteiger partial charge in [-0.3, -0.25) is 9.59 Å². The molecule has 1 spiro atoms. The van der Waals surface area contributed by atoms with Crippen molar-refractivity contribution in [2.45, 2.75) is 45.4 Å². The number of carboxylic acid groups (broad SMARTS) is 1. The Morgan fingerprint density at radius 3 is 2.57 bits per heavy atom. The molecular formula is C15H18N2O4. The zero-order valence-electron chi connectivity index (χ0n) is 11.9. The molecule has 2 amide bonds. The van der Waals surface area contributed by atoms with Gasteiger partial charge in [-0.05, 0) is 25.8 Å². The summed E-state index contributed by atoms with van der Waals surface area (Å²) < 4.78 is 0. The number of hydrogen-bond donors (Lipinski definition) is 2. The number of aromatic carboxylic acids is 1. The zero-order valence-corrected chi connectivity index (χ0v) is 11.9. The van der Waals surface area contributed by atoms with Gasteiger partial charge in [0, 0.05) is 12.1 Å². The van der Waals surface area contributed by atoms with Crippen molar-refractivity contribution < 1.29 is 19.5 Å². The molecule has 2 aliphatic rings. The van der Waals surface area contributed by atoms with Crippen LogP contribution in [0.1, 0.15) is 54.7 Å². The van der Waals surface area contributed by atoms with Gasteiger partial charge in [0.25, 0.3) is 0 Å². The molecule has 0 unspecified atom stereocenters. The minimum absolute atomic E-state index is 0.0953. The number of nitrogens with one attached hydrogen (secondary N) is 1. The number of carbonyl (C=O) groups excluding carboxylic acids is 2. The minimum Gasteiger partial charge on any atom is -0.477 e. The number of rotatable bonds is 2. The average molecular weight is 290 g/mol. The molecule has 2 N–H and O–H groups in total. The molecular weight excluding hydrogens is 272 g/mol. The van der Waals surface area contributed by atoms with Crippen LogP contribution in [0.2, 0.25) is 0 Å². The molecule has 0 radical (unpaired) electrons. The Morgan fingerprint density at radius 1 is 1.29 bits per heavy atom. The predicted molar refractivity (Wildman–Crippen MR) is 75.1 cm³/mol. The van der Waals surface area contributed by atoms with Crippen molar-refractivity contribution >= 4 is 23.5 Å². The van der Waals surface area contributed by atoms with Crippen molar-refractivity contribution in [1.29, 1.82) is 0 Å². The third-order valence-electron chi connectivity index (χ3n) is 4.59. The first kappa shape index (κ1) is 13.9. The Kier molecular flexibility index (Phi) is 3.11. The van der Waals surface area contributed by atoms with E-state index in [-0.39, 0.29) is 29.6 Å². The number of carboxylic acids is 1. The molecule has 3 rings (SSSR count). The van der Waals surface area contributed by atoms with E-state index in [2.05, 4.69) is 4.98 Å². The van der Waals surface area contributed by atoms with Crippen LogP contribution in [0.15, 0.2) is 6.07 Å². The molecule has 2 heterocycles. The third kappa shape index (κ3) is 2.05. The van der Waals surface area contributed by atoms with Crippen LogP contribution >= 0.6 is 0 Å². The fraction of sp³-hybridized carbons (Fsp3) is 0.533. The molecule has 112 valence electrons. The van der Waals surface area contributed by atoms with E-state index < -0.39 is 11.4 Å². The van der Waals surface area contributed by atoms with Gasteiger partial charge in [0.15, 0.2) is 0 Å². The summed E-state index contributed by atoms with van der Waals surface area (Å²) in [6, 6.07) is 1.56. The first-order chi connectivity index (χ1) is 9.94. The maximum Gasteiger partial charge on any atom is 0.354 e. The van der Waals surface area contributed by atoms with E-state index in [1.165, 1.54) is 0 Å². The molecule has 1 aromatic rings. The van der Waals surface area contributed by atoms with E-state index in [4.69, 9.17) is 0 Å². The largest absolute Gasteiger partial charge is 0.477 e. The van der Waals surface area contributed by atoms with E-state index in [0.29, 0.717) is 5.69 Å². The lowest BCUT2D eigenvalue weighted by molar-refractivity contribution is -0.127. The summed E-state index contributed by atoms with van der Waals surface area (Å²) in [5.74, 6) is -1.68. The van der Waals surface area contributed by atoms with Crippen LogP contribution in [0.3, 0.4) is 0 Å². The molecule has 1 saturated carbocycles. The van der Waals surface area contributed by atoms with Crippen LogP contribution in [0.4, 0.5) is 5.69 Å². The third-order valence-corrected chi connectivity index (χ3v) is 4.59. The number of anilines is 1. The summed E-state index contributed by atoms with van der Waals surface area (Å²) in [5, 5.41) is 9.23. The van der Waals surface area contributed by atoms with Gasteiger partial charge < -0.3 is 10.1 Å². The molecule has 2 fully saturated rings. The second kappa shape index (κ2) is 4.72. The van der Waals surface area contributed by atoms with Crippen molar-refractivity contribution in [2.24, 2.45) is 5.41 Å². The molecule has 0 bridgehead atoms. The summed E-state index contributed by atoms with van der Waals surface area (Å²) in [6.07, 6.45) is 4.64. The zero-order chi connectivity index (χ0) is 15.2. The number of amides is 2. The van der Waals surface area contributed by atoms with E-state index in [1.807, 2.05) is 0 Å². The molecule has 0 aromatic carbocycles. The Hall–Kier alpha value is -2.11. The Bertz CT molecular complexity index is 626. The van der Waals surface area contributed by atoms with E-state index in [0.717, 1.165) is 37.0 Å². The summed E-state index contributed by atoms with van der Waals surface area (Å²) in [6.45, 7) is 1.71. The smallest absolute Gasteiger partial charge is 0.354 e. The number of aromatic amines is 1. The number of carbonyl (C=O) groups is 3. The van der Waals surface area contributed by atoms with Crippen LogP contribution in [0, 0.1) is 12.3 Å². The van der Waals surface area contributed by atoms with Gasteiger partial charge in [-0.1, -0.05) is 19.3 Å². The van der Waals surface area contributed by atoms with Crippen molar-refractivity contribution in [2.75, 3.05) is 4.90 Å². The van der Waals surface area contributed by atoms with Gasteiger partial charge in [-0.15, -0.1) is 0 Å². The Balaban J connectivity index is 2.01. The topological polar surface area (TPSA) is 90.5 Å². The molecule has 0 atom stereocenters. The highest BCUT2D eigenvalue weighted by Gasteiger charge is 2.52. The van der Waals surface area contributed by atoms with Crippen LogP contribution in [0.5, 0.6) is 0 Å². The fourth-order valence-corrected chi connectivity index (χ4v) is 3.57. The highest BCUT2D eigenvalue weighted by atomic mass is 16.4. The van der Waals surface area contributed by atoms with Gasteiger partial charge in [-0.2, -0.15) is 0 Å². The number of hydrogen-bond acceptors (Lipinski definition) is 3. The molecule has 21 heavy (non-hydrogen) atoms. The molecule has 1 saturated heterocycles. The van der Waals surface area contributed by atoms with E-state index in [9.17, 15) is 19.5 Å². The van der Waals surface area contributed by atoms with Crippen molar-refractivity contribution in [1.82, 2.24) is 4.98 Å². The molecule has 1 aromatic heterocycles. The second-order valence-corrected chi connectivity index (χ2v) is 6.07. The standard InChI is InChI=1S/C15H18N2O4/c1-9-7-10(12(16-9)13(19)20)17-11(18)8-15(14(17)21)5-3-2-4-6-15/h7,16H,2-6,8H2,1H3,(H,19,20). The van der Waals surface area contributed by atoms with Gasteiger partial charge in [-0.25, -0.2) is 9.69 Å². The van der Waals surface area contributed by atoms with E-state index >= 15 is 0 Å². The van der Waals surface area contributed by atoms with Gasteiger partial charge in [0.2, 0.25) is 11.8 Å². The normalized spacial score (nSPS) is 21.3. The predicted octanol–water partition coefficient (Wildman–Crippen LogP) is 2.24. The van der Waals surface area contributed by atoms with Crippen LogP contribution < -0.4 is 4.90 Å². The van der Waals surface area contributed by atoms with Gasteiger partial charge in [0.1, 0.15) is 5.69 Å². The second-order valence-electron chi connectivity index (χ2n) is 6.07. The number of imide groups is 1. The maximum absolute atomic E-state index is 12.8. The maximum atomic E-state index is 12.8. The summed E-state index contributed by atoms with van der Waals surface area (Å²) in [4.78, 5) is 40.2. The SMILES string of the molecule is Cc1cc(N2C(=O)CC3(CCCCC3)C2=O)c(C(=O)O)[nH]1. The Morgan fingerprint density at radius 2 is 1.95 bits per heavy atom. The number of nitrogens with zero attached hydrogens (tertiary/aromatic N) is 1. The summed E-state index contributed by atoms with van der Waals surface area (Å²) in [5.41, 5.74) is 0.100. The molecule has 6 nitrogen and oxygen atoms in total. The lowest BCUT2D eigenvalue weighted by atomic mass is 9.73. The quantitative estimate of drug-likeness (QED) is 0.817. The number of aryl methyl sites for hydroxylation is 1. The average Bonchev–Trinajstić information content (AvgIpc) is 2.91. The minimum atomic E-state index is -1.16. The van der Waals surface area contributed by atoms with Crippen molar-refractivity contribution in [3.63, 3.8) is 0 Å². The van der Waals surface area contributed by atoms with E-state index in [1.54, 1.807) is 13.0 Å². The number of H-pyrrole nitrogens is 1. The highest BCUT2D eigenvalue weighted by molar-refractivity contribution is 6.24. The van der Waals surface area contributed by atoms with Crippen molar-refractivity contribution in [3.8, 4) is 0 Å². The fourth-order valence-electron chi connectivity index (χ4n) is 3.57. The lowest BCUT2D eigenvalue weighted by Gasteiger charge is -2.30. The monoisotopic (exact) mass is 290 g/mol. The first-order valence-electron chi connectivity index (χ1n) is 7.25. The summed E-state index contributed by atoms with van der Waals surface area (Å²) >= 11 is 0. The van der Waals surface area contributed by atoms with Gasteiger partial charge >= 0.3 is 5.97 Å². The molecule has 1 aliphatic carbocycles. The molecule has 6 heteroatoms. The summed E-state index contributed by atoms with van der Waals surface area (Å²) in [7, 11) is 0. The van der Waals surface area contributed by atoms with Crippen LogP contribution in [-0.2, 0) is 9.59 Å². The van der Waals surface area contributed by atoms with Gasteiger partial charge in [0.05, 0.1) is 11.1 Å². The highest BCUT2D eigenvalue weighted by Crippen LogP contribution is 2.47.